The molecular formula is C13H23N3O4. The van der Waals surface area contributed by atoms with E-state index >= 15 is 0 Å². The molecule has 2 saturated heterocycles. The fourth-order valence-corrected chi connectivity index (χ4v) is 2.54. The first-order chi connectivity index (χ1) is 9.65. The van der Waals surface area contributed by atoms with Crippen molar-refractivity contribution in [3.05, 3.63) is 0 Å². The second-order valence-corrected chi connectivity index (χ2v) is 5.31. The molecule has 2 heterocycles. The molecule has 0 bridgehead atoms. The van der Waals surface area contributed by atoms with Crippen LogP contribution in [0.5, 0.6) is 0 Å². The molecule has 0 spiro atoms. The minimum Gasteiger partial charge on any atom is -0.481 e. The Morgan fingerprint density at radius 1 is 1.15 bits per heavy atom. The molecule has 7 heteroatoms. The maximum atomic E-state index is 12.1. The van der Waals surface area contributed by atoms with E-state index in [2.05, 4.69) is 10.2 Å². The highest BCUT2D eigenvalue weighted by Crippen LogP contribution is 2.08. The Kier molecular flexibility index (Phi) is 5.60. The quantitative estimate of drug-likeness (QED) is 0.758. The summed E-state index contributed by atoms with van der Waals surface area (Å²) < 4.78 is 5.27. The Balaban J connectivity index is 1.67. The molecule has 0 saturated carbocycles. The Morgan fingerprint density at radius 3 is 2.40 bits per heavy atom. The van der Waals surface area contributed by atoms with Gasteiger partial charge in [-0.25, -0.2) is 4.79 Å². The topological polar surface area (TPSA) is 82.1 Å². The summed E-state index contributed by atoms with van der Waals surface area (Å²) in [6, 6.07) is 0.219. The summed E-state index contributed by atoms with van der Waals surface area (Å²) in [6.45, 7) is 4.80. The summed E-state index contributed by atoms with van der Waals surface area (Å²) >= 11 is 0. The van der Waals surface area contributed by atoms with E-state index in [4.69, 9.17) is 9.84 Å². The SMILES string of the molecule is O=C(O)CCN1CCN(C(=O)NC2CCOCC2)CC1. The lowest BCUT2D eigenvalue weighted by atomic mass is 10.1. The van der Waals surface area contributed by atoms with Gasteiger partial charge in [0.05, 0.1) is 6.42 Å². The van der Waals surface area contributed by atoms with E-state index in [0.717, 1.165) is 25.9 Å². The van der Waals surface area contributed by atoms with E-state index in [9.17, 15) is 9.59 Å². The first-order valence-corrected chi connectivity index (χ1v) is 7.22. The van der Waals surface area contributed by atoms with Gasteiger partial charge in [0.1, 0.15) is 0 Å². The van der Waals surface area contributed by atoms with Crippen LogP contribution in [-0.4, -0.2) is 78.9 Å². The third-order valence-electron chi connectivity index (χ3n) is 3.85. The van der Waals surface area contributed by atoms with Gasteiger partial charge in [0.25, 0.3) is 0 Å². The summed E-state index contributed by atoms with van der Waals surface area (Å²) in [6.07, 6.45) is 1.92. The highest BCUT2D eigenvalue weighted by Gasteiger charge is 2.23. The lowest BCUT2D eigenvalue weighted by Gasteiger charge is -2.35. The molecule has 20 heavy (non-hydrogen) atoms. The number of carbonyl (C=O) groups excluding carboxylic acids is 1. The molecule has 2 amide bonds. The van der Waals surface area contributed by atoms with Crippen molar-refractivity contribution in [2.45, 2.75) is 25.3 Å². The zero-order valence-corrected chi connectivity index (χ0v) is 11.7. The van der Waals surface area contributed by atoms with E-state index in [0.29, 0.717) is 32.8 Å². The van der Waals surface area contributed by atoms with E-state index < -0.39 is 5.97 Å². The molecule has 0 aromatic rings. The van der Waals surface area contributed by atoms with Crippen molar-refractivity contribution < 1.29 is 19.4 Å². The van der Waals surface area contributed by atoms with E-state index in [1.807, 2.05) is 4.90 Å². The number of carbonyl (C=O) groups is 2. The maximum absolute atomic E-state index is 12.1. The van der Waals surface area contributed by atoms with Crippen molar-refractivity contribution in [1.29, 1.82) is 0 Å². The summed E-state index contributed by atoms with van der Waals surface area (Å²) in [5.74, 6) is -0.773. The van der Waals surface area contributed by atoms with Crippen LogP contribution in [0.2, 0.25) is 0 Å². The third kappa shape index (κ3) is 4.64. The lowest BCUT2D eigenvalue weighted by molar-refractivity contribution is -0.137. The molecule has 2 rings (SSSR count). The van der Waals surface area contributed by atoms with Crippen molar-refractivity contribution >= 4 is 12.0 Å². The Labute approximate surface area is 118 Å². The van der Waals surface area contributed by atoms with E-state index in [1.54, 1.807) is 0 Å². The van der Waals surface area contributed by atoms with Crippen molar-refractivity contribution in [3.63, 3.8) is 0 Å². The second-order valence-electron chi connectivity index (χ2n) is 5.31. The molecule has 2 aliphatic rings. The molecule has 0 aromatic heterocycles. The van der Waals surface area contributed by atoms with Crippen molar-refractivity contribution in [1.82, 2.24) is 15.1 Å². The fraction of sp³-hybridized carbons (Fsp3) is 0.846. The monoisotopic (exact) mass is 285 g/mol. The predicted molar refractivity (Wildman–Crippen MR) is 72.6 cm³/mol. The number of carboxylic acids is 1. The molecule has 0 radical (unpaired) electrons. The van der Waals surface area contributed by atoms with E-state index in [-0.39, 0.29) is 18.5 Å². The van der Waals surface area contributed by atoms with Gasteiger partial charge in [-0.2, -0.15) is 0 Å². The largest absolute Gasteiger partial charge is 0.481 e. The molecule has 2 N–H and O–H groups in total. The number of amides is 2. The Bertz CT molecular complexity index is 337. The standard InChI is InChI=1S/C13H23N3O4/c17-12(18)1-4-15-5-7-16(8-6-15)13(19)14-11-2-9-20-10-3-11/h11H,1-10H2,(H,14,19)(H,17,18). The molecule has 114 valence electrons. The number of hydrogen-bond donors (Lipinski definition) is 2. The van der Waals surface area contributed by atoms with Crippen molar-refractivity contribution in [3.8, 4) is 0 Å². The van der Waals surface area contributed by atoms with Crippen molar-refractivity contribution in [2.24, 2.45) is 0 Å². The van der Waals surface area contributed by atoms with Crippen LogP contribution in [0.1, 0.15) is 19.3 Å². The van der Waals surface area contributed by atoms with Gasteiger partial charge in [0, 0.05) is 52.0 Å². The van der Waals surface area contributed by atoms with Crippen LogP contribution < -0.4 is 5.32 Å². The first-order valence-electron chi connectivity index (χ1n) is 7.22. The molecule has 0 aromatic carbocycles. The molecule has 2 fully saturated rings. The summed E-state index contributed by atoms with van der Waals surface area (Å²) in [5, 5.41) is 11.7. The third-order valence-corrected chi connectivity index (χ3v) is 3.85. The molecule has 2 aliphatic heterocycles. The highest BCUT2D eigenvalue weighted by atomic mass is 16.5. The van der Waals surface area contributed by atoms with Gasteiger partial charge in [0.2, 0.25) is 0 Å². The number of nitrogens with zero attached hydrogens (tertiary/aromatic N) is 2. The van der Waals surface area contributed by atoms with Crippen LogP contribution in [0, 0.1) is 0 Å². The smallest absolute Gasteiger partial charge is 0.317 e. The average molecular weight is 285 g/mol. The minimum atomic E-state index is -0.773. The van der Waals surface area contributed by atoms with E-state index in [1.165, 1.54) is 0 Å². The number of carboxylic acid groups (broad SMARTS) is 1. The molecule has 0 atom stereocenters. The number of hydrogen-bond acceptors (Lipinski definition) is 4. The van der Waals surface area contributed by atoms with Gasteiger partial charge in [-0.1, -0.05) is 0 Å². The molecule has 7 nitrogen and oxygen atoms in total. The number of rotatable bonds is 4. The highest BCUT2D eigenvalue weighted by molar-refractivity contribution is 5.74. The van der Waals surface area contributed by atoms with Gasteiger partial charge in [-0.15, -0.1) is 0 Å². The van der Waals surface area contributed by atoms with Gasteiger partial charge in [0.15, 0.2) is 0 Å². The van der Waals surface area contributed by atoms with Gasteiger partial charge < -0.3 is 20.1 Å². The van der Waals surface area contributed by atoms with Crippen molar-refractivity contribution in [2.75, 3.05) is 45.9 Å². The molecule has 0 aliphatic carbocycles. The lowest BCUT2D eigenvalue weighted by Crippen LogP contribution is -2.54. The minimum absolute atomic E-state index is 0.00483. The number of piperazine rings is 1. The fourth-order valence-electron chi connectivity index (χ4n) is 2.54. The summed E-state index contributed by atoms with van der Waals surface area (Å²) in [7, 11) is 0. The van der Waals surface area contributed by atoms with Gasteiger partial charge >= 0.3 is 12.0 Å². The van der Waals surface area contributed by atoms with Gasteiger partial charge in [-0.05, 0) is 12.8 Å². The zero-order chi connectivity index (χ0) is 14.4. The first kappa shape index (κ1) is 15.1. The summed E-state index contributed by atoms with van der Waals surface area (Å²) in [5.41, 5.74) is 0. The molecule has 0 unspecified atom stereocenters. The van der Waals surface area contributed by atoms with Crippen LogP contribution in [0.25, 0.3) is 0 Å². The Hall–Kier alpha value is -1.34. The summed E-state index contributed by atoms with van der Waals surface area (Å²) in [4.78, 5) is 26.5. The predicted octanol–water partition coefficient (Wildman–Crippen LogP) is -0.0327. The zero-order valence-electron chi connectivity index (χ0n) is 11.7. The number of urea groups is 1. The molecular weight excluding hydrogens is 262 g/mol. The maximum Gasteiger partial charge on any atom is 0.317 e. The van der Waals surface area contributed by atoms with Gasteiger partial charge in [-0.3, -0.25) is 9.69 Å². The van der Waals surface area contributed by atoms with Crippen LogP contribution in [0.3, 0.4) is 0 Å². The Morgan fingerprint density at radius 2 is 1.80 bits per heavy atom. The number of nitrogens with one attached hydrogen (secondary N) is 1. The van der Waals surface area contributed by atoms with Crippen LogP contribution in [0.15, 0.2) is 0 Å². The number of aliphatic carboxylic acids is 1. The number of ether oxygens (including phenoxy) is 1. The second kappa shape index (κ2) is 7.44. The average Bonchev–Trinajstić information content (AvgIpc) is 2.46. The normalized spacial score (nSPS) is 21.7. The van der Waals surface area contributed by atoms with Crippen LogP contribution in [-0.2, 0) is 9.53 Å². The van der Waals surface area contributed by atoms with Crippen LogP contribution in [0.4, 0.5) is 4.79 Å². The van der Waals surface area contributed by atoms with Crippen LogP contribution >= 0.6 is 0 Å².